The maximum absolute atomic E-state index is 14.0. The number of hydrogen-bond donors (Lipinski definition) is 1. The molecule has 6 nitrogen and oxygen atoms in total. The Kier molecular flexibility index (Phi) is 6.68. The molecular weight excluding hydrogens is 552 g/mol. The van der Waals surface area contributed by atoms with Crippen molar-refractivity contribution < 1.29 is 18.3 Å². The Morgan fingerprint density at radius 3 is 2.31 bits per heavy atom. The van der Waals surface area contributed by atoms with Gasteiger partial charge < -0.3 is 10.0 Å². The summed E-state index contributed by atoms with van der Waals surface area (Å²) >= 11 is 9.86. The number of hydrogen-bond acceptors (Lipinski definition) is 3. The van der Waals surface area contributed by atoms with Crippen molar-refractivity contribution in [3.63, 3.8) is 0 Å². The lowest BCUT2D eigenvalue weighted by molar-refractivity contribution is 0.101. The molecule has 1 aromatic heterocycles. The molecule has 1 heterocycles. The Morgan fingerprint density at radius 2 is 1.71 bits per heavy atom. The van der Waals surface area contributed by atoms with Gasteiger partial charge in [-0.25, -0.2) is 17.2 Å². The zero-order valence-electron chi connectivity index (χ0n) is 19.8. The summed E-state index contributed by atoms with van der Waals surface area (Å²) in [5.41, 5.74) is 2.09. The Labute approximate surface area is 218 Å². The third-order valence-electron chi connectivity index (χ3n) is 6.03. The third-order valence-corrected chi connectivity index (χ3v) is 8.45. The Morgan fingerprint density at radius 1 is 1.06 bits per heavy atom. The highest BCUT2D eigenvalue weighted by Gasteiger charge is 2.28. The zero-order valence-corrected chi connectivity index (χ0v) is 23.0. The van der Waals surface area contributed by atoms with E-state index in [2.05, 4.69) is 15.9 Å². The van der Waals surface area contributed by atoms with Crippen molar-refractivity contribution in [2.75, 3.05) is 6.54 Å². The number of carbonyl (C=O) groups is 1. The number of amides is 1. The van der Waals surface area contributed by atoms with E-state index < -0.39 is 21.7 Å². The molecule has 0 saturated heterocycles. The summed E-state index contributed by atoms with van der Waals surface area (Å²) in [6.07, 6.45) is -0.698. The molecule has 4 rings (SSSR count). The average Bonchev–Trinajstić information content (AvgIpc) is 3.07. The second-order valence-corrected chi connectivity index (χ2v) is 12.7. The maximum Gasteiger partial charge on any atom is 0.407 e. The minimum atomic E-state index is -3.97. The molecular formula is C26H26BrClN2O4S. The van der Waals surface area contributed by atoms with Crippen molar-refractivity contribution in [1.82, 2.24) is 8.87 Å². The number of rotatable bonds is 5. The van der Waals surface area contributed by atoms with E-state index in [-0.39, 0.29) is 11.4 Å². The predicted molar refractivity (Wildman–Crippen MR) is 144 cm³/mol. The summed E-state index contributed by atoms with van der Waals surface area (Å²) in [6, 6.07) is 15.6. The topological polar surface area (TPSA) is 79.6 Å². The fourth-order valence-corrected chi connectivity index (χ4v) is 6.57. The van der Waals surface area contributed by atoms with Crippen molar-refractivity contribution in [2.45, 2.75) is 44.6 Å². The van der Waals surface area contributed by atoms with Crippen LogP contribution in [0.15, 0.2) is 64.0 Å². The SMILES string of the molecule is Cc1ccc(S(=O)(=O)n2c3ccc(Cl)cc3c3cc(Br)cc(CCN(C(=O)O)C(C)(C)C)c32)cc1. The van der Waals surface area contributed by atoms with Gasteiger partial charge in [0.2, 0.25) is 0 Å². The molecule has 0 radical (unpaired) electrons. The van der Waals surface area contributed by atoms with Gasteiger partial charge in [0.1, 0.15) is 0 Å². The van der Waals surface area contributed by atoms with Gasteiger partial charge in [-0.05, 0) is 82.1 Å². The van der Waals surface area contributed by atoms with E-state index in [0.29, 0.717) is 33.4 Å². The van der Waals surface area contributed by atoms with Gasteiger partial charge in [0.25, 0.3) is 10.0 Å². The summed E-state index contributed by atoms with van der Waals surface area (Å²) in [6.45, 7) is 7.60. The molecule has 3 aromatic carbocycles. The number of halogens is 2. The molecule has 0 fully saturated rings. The number of nitrogens with zero attached hydrogens (tertiary/aromatic N) is 2. The highest BCUT2D eigenvalue weighted by atomic mass is 79.9. The van der Waals surface area contributed by atoms with Crippen LogP contribution in [0.25, 0.3) is 21.8 Å². The molecule has 4 aromatic rings. The lowest BCUT2D eigenvalue weighted by atomic mass is 10.0. The van der Waals surface area contributed by atoms with Crippen LogP contribution < -0.4 is 0 Å². The van der Waals surface area contributed by atoms with Crippen LogP contribution in [0.5, 0.6) is 0 Å². The van der Waals surface area contributed by atoms with Crippen LogP contribution in [0.1, 0.15) is 31.9 Å². The predicted octanol–water partition coefficient (Wildman–Crippen LogP) is 7.08. The van der Waals surface area contributed by atoms with Crippen LogP contribution >= 0.6 is 27.5 Å². The summed E-state index contributed by atoms with van der Waals surface area (Å²) in [4.78, 5) is 13.4. The van der Waals surface area contributed by atoms with Gasteiger partial charge in [0.05, 0.1) is 15.9 Å². The van der Waals surface area contributed by atoms with Crippen molar-refractivity contribution in [1.29, 1.82) is 0 Å². The summed E-state index contributed by atoms with van der Waals surface area (Å²) in [5.74, 6) is 0. The molecule has 0 bridgehead atoms. The van der Waals surface area contributed by atoms with Crippen LogP contribution in [0.4, 0.5) is 4.79 Å². The quantitative estimate of drug-likeness (QED) is 0.275. The van der Waals surface area contributed by atoms with Gasteiger partial charge in [0, 0.05) is 32.4 Å². The van der Waals surface area contributed by atoms with E-state index >= 15 is 0 Å². The average molecular weight is 578 g/mol. The first-order valence-corrected chi connectivity index (χ1v) is 13.7. The normalized spacial score (nSPS) is 12.4. The first-order chi connectivity index (χ1) is 16.3. The Bertz CT molecular complexity index is 1550. The van der Waals surface area contributed by atoms with Crippen molar-refractivity contribution in [3.8, 4) is 0 Å². The van der Waals surface area contributed by atoms with Gasteiger partial charge in [-0.15, -0.1) is 0 Å². The van der Waals surface area contributed by atoms with Gasteiger partial charge in [-0.2, -0.15) is 0 Å². The highest BCUT2D eigenvalue weighted by Crippen LogP contribution is 2.38. The van der Waals surface area contributed by atoms with Crippen molar-refractivity contribution in [3.05, 3.63) is 75.2 Å². The second-order valence-electron chi connectivity index (χ2n) is 9.56. The number of benzene rings is 3. The van der Waals surface area contributed by atoms with E-state index in [1.165, 1.54) is 8.87 Å². The maximum atomic E-state index is 14.0. The monoisotopic (exact) mass is 576 g/mol. The van der Waals surface area contributed by atoms with E-state index in [9.17, 15) is 18.3 Å². The lowest BCUT2D eigenvalue weighted by Gasteiger charge is -2.33. The standard InChI is InChI=1S/C26H26BrClN2O4S/c1-16-5-8-20(9-6-16)35(33,34)30-23-10-7-19(28)15-21(23)22-14-18(27)13-17(24(22)30)11-12-29(25(31)32)26(2,3)4/h5-10,13-15H,11-12H2,1-4H3,(H,31,32). The zero-order chi connectivity index (χ0) is 25.7. The van der Waals surface area contributed by atoms with Gasteiger partial charge in [-0.3, -0.25) is 0 Å². The van der Waals surface area contributed by atoms with Gasteiger partial charge in [0.15, 0.2) is 0 Å². The molecule has 0 aliphatic carbocycles. The third kappa shape index (κ3) is 4.79. The minimum absolute atomic E-state index is 0.174. The molecule has 35 heavy (non-hydrogen) atoms. The smallest absolute Gasteiger partial charge is 0.407 e. The lowest BCUT2D eigenvalue weighted by Crippen LogP contribution is -2.46. The second kappa shape index (κ2) is 9.15. The summed E-state index contributed by atoms with van der Waals surface area (Å²) < 4.78 is 30.1. The van der Waals surface area contributed by atoms with Crippen LogP contribution in [-0.2, 0) is 16.4 Å². The molecule has 9 heteroatoms. The van der Waals surface area contributed by atoms with Crippen LogP contribution in [0, 0.1) is 6.92 Å². The van der Waals surface area contributed by atoms with E-state index in [1.54, 1.807) is 42.5 Å². The Balaban J connectivity index is 2.01. The molecule has 0 atom stereocenters. The highest BCUT2D eigenvalue weighted by molar-refractivity contribution is 9.10. The molecule has 0 unspecified atom stereocenters. The fraction of sp³-hybridized carbons (Fsp3) is 0.269. The molecule has 0 aliphatic heterocycles. The molecule has 1 N–H and O–H groups in total. The number of fused-ring (bicyclic) bond motifs is 3. The number of aromatic nitrogens is 1. The summed E-state index contributed by atoms with van der Waals surface area (Å²) in [7, 11) is -3.97. The van der Waals surface area contributed by atoms with Gasteiger partial charge in [-0.1, -0.05) is 45.2 Å². The van der Waals surface area contributed by atoms with Crippen molar-refractivity contribution in [2.24, 2.45) is 0 Å². The number of carboxylic acid groups (broad SMARTS) is 1. The first-order valence-electron chi connectivity index (χ1n) is 11.1. The van der Waals surface area contributed by atoms with Crippen LogP contribution in [-0.4, -0.2) is 40.6 Å². The number of aryl methyl sites for hydroxylation is 1. The van der Waals surface area contributed by atoms with Crippen molar-refractivity contribution >= 4 is 65.5 Å². The largest absolute Gasteiger partial charge is 0.465 e. The van der Waals surface area contributed by atoms with E-state index in [4.69, 9.17) is 11.6 Å². The summed E-state index contributed by atoms with van der Waals surface area (Å²) in [5, 5.41) is 11.7. The minimum Gasteiger partial charge on any atom is -0.465 e. The van der Waals surface area contributed by atoms with Gasteiger partial charge >= 0.3 is 6.09 Å². The fourth-order valence-electron chi connectivity index (χ4n) is 4.33. The molecule has 0 saturated carbocycles. The Hall–Kier alpha value is -2.55. The molecule has 0 spiro atoms. The van der Waals surface area contributed by atoms with E-state index in [1.807, 2.05) is 39.8 Å². The van der Waals surface area contributed by atoms with Crippen LogP contribution in [0.2, 0.25) is 5.02 Å². The molecule has 184 valence electrons. The van der Waals surface area contributed by atoms with Crippen LogP contribution in [0.3, 0.4) is 0 Å². The molecule has 1 amide bonds. The first kappa shape index (κ1) is 25.5. The van der Waals surface area contributed by atoms with E-state index in [0.717, 1.165) is 15.4 Å². The molecule has 0 aliphatic rings.